The largest absolute Gasteiger partial charge is 0.384 e. The van der Waals surface area contributed by atoms with Gasteiger partial charge in [-0.3, -0.25) is 5.41 Å². The van der Waals surface area contributed by atoms with E-state index in [-0.39, 0.29) is 5.84 Å². The van der Waals surface area contributed by atoms with E-state index in [1.807, 2.05) is 30.5 Å². The van der Waals surface area contributed by atoms with Crippen LogP contribution in [-0.4, -0.2) is 15.6 Å². The third-order valence-corrected chi connectivity index (χ3v) is 3.19. The molecule has 18 heavy (non-hydrogen) atoms. The maximum absolute atomic E-state index is 7.63. The molecular formula is C13H15BrN4. The molecule has 0 saturated carbocycles. The first kappa shape index (κ1) is 12.8. The maximum Gasteiger partial charge on any atom is 0.125 e. The molecule has 0 saturated heterocycles. The van der Waals surface area contributed by atoms with Crippen molar-refractivity contribution in [3.05, 3.63) is 46.2 Å². The van der Waals surface area contributed by atoms with Crippen molar-refractivity contribution in [2.75, 3.05) is 0 Å². The van der Waals surface area contributed by atoms with Crippen LogP contribution >= 0.6 is 15.9 Å². The van der Waals surface area contributed by atoms with Crippen LogP contribution in [0.2, 0.25) is 0 Å². The average Bonchev–Trinajstić information content (AvgIpc) is 2.78. The number of nitrogens with two attached hydrogens (primary N) is 1. The standard InChI is InChI=1S/C13H15BrN4/c1-8(2)11-5-6-18(17-11)12-4-3-9(14)7-10(12)13(15)16/h3-8H,1-2H3,(H3,15,16). The van der Waals surface area contributed by atoms with Crippen LogP contribution in [0, 0.1) is 5.41 Å². The molecule has 2 aromatic rings. The highest BCUT2D eigenvalue weighted by Crippen LogP contribution is 2.21. The average molecular weight is 307 g/mol. The number of amidine groups is 1. The van der Waals surface area contributed by atoms with Gasteiger partial charge in [0.25, 0.3) is 0 Å². The number of benzene rings is 1. The molecule has 0 fully saturated rings. The molecule has 0 radical (unpaired) electrons. The molecule has 0 unspecified atom stereocenters. The Hall–Kier alpha value is -1.62. The topological polar surface area (TPSA) is 67.7 Å². The lowest BCUT2D eigenvalue weighted by Gasteiger charge is -2.09. The first-order valence-corrected chi connectivity index (χ1v) is 6.48. The Kier molecular flexibility index (Phi) is 3.52. The third-order valence-electron chi connectivity index (χ3n) is 2.70. The minimum Gasteiger partial charge on any atom is -0.384 e. The number of halogens is 1. The lowest BCUT2D eigenvalue weighted by Crippen LogP contribution is -2.15. The van der Waals surface area contributed by atoms with E-state index in [0.717, 1.165) is 15.9 Å². The summed E-state index contributed by atoms with van der Waals surface area (Å²) < 4.78 is 2.66. The number of aromatic nitrogens is 2. The highest BCUT2D eigenvalue weighted by atomic mass is 79.9. The van der Waals surface area contributed by atoms with Crippen molar-refractivity contribution in [3.63, 3.8) is 0 Å². The Labute approximate surface area is 114 Å². The lowest BCUT2D eigenvalue weighted by molar-refractivity contribution is 0.767. The van der Waals surface area contributed by atoms with Crippen LogP contribution in [0.5, 0.6) is 0 Å². The second kappa shape index (κ2) is 4.94. The monoisotopic (exact) mass is 306 g/mol. The SMILES string of the molecule is CC(C)c1ccn(-c2ccc(Br)cc2C(=N)N)n1. The van der Waals surface area contributed by atoms with Gasteiger partial charge in [-0.15, -0.1) is 0 Å². The highest BCUT2D eigenvalue weighted by Gasteiger charge is 2.10. The van der Waals surface area contributed by atoms with Crippen molar-refractivity contribution in [3.8, 4) is 5.69 Å². The molecule has 94 valence electrons. The van der Waals surface area contributed by atoms with Gasteiger partial charge in [-0.05, 0) is 30.2 Å². The van der Waals surface area contributed by atoms with Gasteiger partial charge in [-0.1, -0.05) is 29.8 Å². The smallest absolute Gasteiger partial charge is 0.125 e. The van der Waals surface area contributed by atoms with Gasteiger partial charge in [0.05, 0.1) is 11.4 Å². The first-order chi connectivity index (χ1) is 8.49. The van der Waals surface area contributed by atoms with Crippen molar-refractivity contribution in [1.29, 1.82) is 5.41 Å². The fourth-order valence-corrected chi connectivity index (χ4v) is 2.06. The molecule has 1 aromatic heterocycles. The van der Waals surface area contributed by atoms with E-state index < -0.39 is 0 Å². The fraction of sp³-hybridized carbons (Fsp3) is 0.231. The second-order valence-electron chi connectivity index (χ2n) is 4.42. The minimum atomic E-state index is 0.0351. The van der Waals surface area contributed by atoms with Gasteiger partial charge >= 0.3 is 0 Å². The molecule has 0 amide bonds. The van der Waals surface area contributed by atoms with Gasteiger partial charge in [0.1, 0.15) is 5.84 Å². The van der Waals surface area contributed by atoms with E-state index in [0.29, 0.717) is 11.5 Å². The van der Waals surface area contributed by atoms with E-state index in [2.05, 4.69) is 34.9 Å². The molecule has 0 aliphatic rings. The molecule has 1 aromatic carbocycles. The summed E-state index contributed by atoms with van der Waals surface area (Å²) in [6, 6.07) is 7.63. The molecule has 4 nitrogen and oxygen atoms in total. The normalized spacial score (nSPS) is 10.9. The number of rotatable bonds is 3. The lowest BCUT2D eigenvalue weighted by atomic mass is 10.1. The first-order valence-electron chi connectivity index (χ1n) is 5.69. The summed E-state index contributed by atoms with van der Waals surface area (Å²) in [5.41, 5.74) is 8.12. The number of hydrogen-bond acceptors (Lipinski definition) is 2. The van der Waals surface area contributed by atoms with Crippen molar-refractivity contribution < 1.29 is 0 Å². The molecule has 1 heterocycles. The van der Waals surface area contributed by atoms with Gasteiger partial charge in [-0.25, -0.2) is 4.68 Å². The Morgan fingerprint density at radius 3 is 2.67 bits per heavy atom. The van der Waals surface area contributed by atoms with Crippen LogP contribution in [0.4, 0.5) is 0 Å². The summed E-state index contributed by atoms with van der Waals surface area (Å²) >= 11 is 3.38. The number of nitrogens with zero attached hydrogens (tertiary/aromatic N) is 2. The Morgan fingerprint density at radius 2 is 2.11 bits per heavy atom. The van der Waals surface area contributed by atoms with Crippen LogP contribution < -0.4 is 5.73 Å². The number of nitrogens with one attached hydrogen (secondary N) is 1. The van der Waals surface area contributed by atoms with Crippen LogP contribution in [0.1, 0.15) is 31.0 Å². The van der Waals surface area contributed by atoms with Crippen molar-refractivity contribution in [1.82, 2.24) is 9.78 Å². The summed E-state index contributed by atoms with van der Waals surface area (Å²) in [5.74, 6) is 0.412. The Bertz CT molecular complexity index is 586. The molecule has 0 atom stereocenters. The second-order valence-corrected chi connectivity index (χ2v) is 5.33. The highest BCUT2D eigenvalue weighted by molar-refractivity contribution is 9.10. The Morgan fingerprint density at radius 1 is 1.39 bits per heavy atom. The van der Waals surface area contributed by atoms with E-state index in [1.165, 1.54) is 0 Å². The van der Waals surface area contributed by atoms with Crippen LogP contribution in [0.15, 0.2) is 34.9 Å². The van der Waals surface area contributed by atoms with Crippen molar-refractivity contribution in [2.24, 2.45) is 5.73 Å². The number of nitrogen functional groups attached to an aromatic ring is 1. The summed E-state index contributed by atoms with van der Waals surface area (Å²) in [4.78, 5) is 0. The van der Waals surface area contributed by atoms with Gasteiger partial charge < -0.3 is 5.73 Å². The molecule has 5 heteroatoms. The molecule has 0 aliphatic carbocycles. The van der Waals surface area contributed by atoms with Gasteiger partial charge in [0.2, 0.25) is 0 Å². The van der Waals surface area contributed by atoms with E-state index in [1.54, 1.807) is 4.68 Å². The molecular weight excluding hydrogens is 292 g/mol. The zero-order valence-electron chi connectivity index (χ0n) is 10.3. The van der Waals surface area contributed by atoms with Crippen molar-refractivity contribution in [2.45, 2.75) is 19.8 Å². The van der Waals surface area contributed by atoms with Gasteiger partial charge in [0.15, 0.2) is 0 Å². The van der Waals surface area contributed by atoms with Crippen LogP contribution in [0.3, 0.4) is 0 Å². The summed E-state index contributed by atoms with van der Waals surface area (Å²) in [6.45, 7) is 4.19. The molecule has 2 rings (SSSR count). The van der Waals surface area contributed by atoms with E-state index in [9.17, 15) is 0 Å². The maximum atomic E-state index is 7.63. The fourth-order valence-electron chi connectivity index (χ4n) is 1.70. The molecule has 0 bridgehead atoms. The van der Waals surface area contributed by atoms with Crippen molar-refractivity contribution >= 4 is 21.8 Å². The molecule has 0 spiro atoms. The zero-order chi connectivity index (χ0) is 13.3. The predicted molar refractivity (Wildman–Crippen MR) is 76.4 cm³/mol. The van der Waals surface area contributed by atoms with Gasteiger partial charge in [0, 0.05) is 16.2 Å². The predicted octanol–water partition coefficient (Wildman–Crippen LogP) is 3.04. The van der Waals surface area contributed by atoms with E-state index >= 15 is 0 Å². The summed E-state index contributed by atoms with van der Waals surface area (Å²) in [6.07, 6.45) is 1.89. The van der Waals surface area contributed by atoms with Crippen LogP contribution in [0.25, 0.3) is 5.69 Å². The Balaban J connectivity index is 2.52. The summed E-state index contributed by atoms with van der Waals surface area (Å²) in [7, 11) is 0. The third kappa shape index (κ3) is 2.46. The quantitative estimate of drug-likeness (QED) is 0.676. The van der Waals surface area contributed by atoms with E-state index in [4.69, 9.17) is 11.1 Å². The summed E-state index contributed by atoms with van der Waals surface area (Å²) in [5, 5.41) is 12.1. The van der Waals surface area contributed by atoms with Crippen LogP contribution in [-0.2, 0) is 0 Å². The number of hydrogen-bond donors (Lipinski definition) is 2. The van der Waals surface area contributed by atoms with Gasteiger partial charge in [-0.2, -0.15) is 5.10 Å². The molecule has 3 N–H and O–H groups in total. The molecule has 0 aliphatic heterocycles. The minimum absolute atomic E-state index is 0.0351. The zero-order valence-corrected chi connectivity index (χ0v) is 11.9.